The topological polar surface area (TPSA) is 44.1 Å². The van der Waals surface area contributed by atoms with E-state index >= 15 is 0 Å². The molecule has 0 saturated carbocycles. The Hall–Kier alpha value is -1.05. The van der Waals surface area contributed by atoms with Crippen molar-refractivity contribution < 1.29 is 4.79 Å². The SMILES string of the molecule is CCN(CC(C)C#N)C(=O)c1ccc(Br)cc1Cl. The summed E-state index contributed by atoms with van der Waals surface area (Å²) in [5.41, 5.74) is 0.465. The lowest BCUT2D eigenvalue weighted by atomic mass is 10.1. The van der Waals surface area contributed by atoms with Gasteiger partial charge in [0, 0.05) is 17.6 Å². The maximum absolute atomic E-state index is 12.3. The van der Waals surface area contributed by atoms with E-state index in [4.69, 9.17) is 16.9 Å². The van der Waals surface area contributed by atoms with Crippen LogP contribution in [0.3, 0.4) is 0 Å². The highest BCUT2D eigenvalue weighted by Gasteiger charge is 2.19. The van der Waals surface area contributed by atoms with Gasteiger partial charge < -0.3 is 4.90 Å². The van der Waals surface area contributed by atoms with Crippen molar-refractivity contribution in [3.63, 3.8) is 0 Å². The van der Waals surface area contributed by atoms with Gasteiger partial charge in [0.1, 0.15) is 0 Å². The van der Waals surface area contributed by atoms with Crippen LogP contribution in [0.2, 0.25) is 5.02 Å². The summed E-state index contributed by atoms with van der Waals surface area (Å²) < 4.78 is 0.831. The van der Waals surface area contributed by atoms with Crippen molar-refractivity contribution in [1.82, 2.24) is 4.90 Å². The minimum Gasteiger partial charge on any atom is -0.338 e. The van der Waals surface area contributed by atoms with E-state index in [1.807, 2.05) is 6.92 Å². The van der Waals surface area contributed by atoms with Crippen LogP contribution < -0.4 is 0 Å². The number of carbonyl (C=O) groups excluding carboxylic acids is 1. The molecule has 0 saturated heterocycles. The molecule has 0 spiro atoms. The molecule has 0 fully saturated rings. The molecule has 1 aromatic rings. The molecule has 1 unspecified atom stereocenters. The van der Waals surface area contributed by atoms with Crippen LogP contribution in [0.1, 0.15) is 24.2 Å². The summed E-state index contributed by atoms with van der Waals surface area (Å²) in [5.74, 6) is -0.333. The van der Waals surface area contributed by atoms with Crippen LogP contribution in [0.15, 0.2) is 22.7 Å². The van der Waals surface area contributed by atoms with Gasteiger partial charge in [-0.3, -0.25) is 4.79 Å². The molecular weight excluding hydrogens is 316 g/mol. The largest absolute Gasteiger partial charge is 0.338 e. The third-order valence-electron chi connectivity index (χ3n) is 2.55. The number of halogens is 2. The lowest BCUT2D eigenvalue weighted by Crippen LogP contribution is -2.34. The number of amides is 1. The third-order valence-corrected chi connectivity index (χ3v) is 3.35. The third kappa shape index (κ3) is 3.72. The summed E-state index contributed by atoms with van der Waals surface area (Å²) in [5, 5.41) is 9.22. The lowest BCUT2D eigenvalue weighted by molar-refractivity contribution is 0.0753. The van der Waals surface area contributed by atoms with E-state index in [2.05, 4.69) is 22.0 Å². The first-order chi connectivity index (χ1) is 8.49. The van der Waals surface area contributed by atoms with E-state index < -0.39 is 0 Å². The molecule has 1 amide bonds. The Balaban J connectivity index is 2.94. The Kier molecular flexibility index (Phi) is 5.64. The first-order valence-electron chi connectivity index (χ1n) is 5.63. The molecule has 0 heterocycles. The fourth-order valence-corrected chi connectivity index (χ4v) is 2.31. The van der Waals surface area contributed by atoms with E-state index in [1.54, 1.807) is 30.0 Å². The van der Waals surface area contributed by atoms with E-state index in [9.17, 15) is 4.79 Å². The van der Waals surface area contributed by atoms with Crippen molar-refractivity contribution in [1.29, 1.82) is 5.26 Å². The lowest BCUT2D eigenvalue weighted by Gasteiger charge is -2.22. The molecule has 1 atom stereocenters. The smallest absolute Gasteiger partial charge is 0.255 e. The molecule has 1 aromatic carbocycles. The average Bonchev–Trinajstić information content (AvgIpc) is 2.34. The number of nitrogens with zero attached hydrogens (tertiary/aromatic N) is 2. The Bertz CT molecular complexity index is 484. The van der Waals surface area contributed by atoms with Gasteiger partial charge in [0.05, 0.1) is 22.6 Å². The zero-order valence-corrected chi connectivity index (χ0v) is 12.6. The van der Waals surface area contributed by atoms with Crippen LogP contribution >= 0.6 is 27.5 Å². The van der Waals surface area contributed by atoms with Crippen molar-refractivity contribution in [3.05, 3.63) is 33.3 Å². The summed E-state index contributed by atoms with van der Waals surface area (Å²) >= 11 is 9.35. The molecule has 18 heavy (non-hydrogen) atoms. The molecule has 96 valence electrons. The molecular formula is C13H14BrClN2O. The number of carbonyl (C=O) groups is 1. The molecule has 0 radical (unpaired) electrons. The van der Waals surface area contributed by atoms with Gasteiger partial charge in [-0.25, -0.2) is 0 Å². The number of hydrogen-bond acceptors (Lipinski definition) is 2. The number of rotatable bonds is 4. The summed E-state index contributed by atoms with van der Waals surface area (Å²) in [6.45, 7) is 4.64. The molecule has 0 aliphatic rings. The zero-order chi connectivity index (χ0) is 13.7. The maximum Gasteiger partial charge on any atom is 0.255 e. The molecule has 0 aliphatic carbocycles. The monoisotopic (exact) mass is 328 g/mol. The summed E-state index contributed by atoms with van der Waals surface area (Å²) in [7, 11) is 0. The zero-order valence-electron chi connectivity index (χ0n) is 10.3. The van der Waals surface area contributed by atoms with Gasteiger partial charge in [0.15, 0.2) is 0 Å². The summed E-state index contributed by atoms with van der Waals surface area (Å²) in [4.78, 5) is 13.9. The Morgan fingerprint density at radius 1 is 1.61 bits per heavy atom. The highest BCUT2D eigenvalue weighted by Crippen LogP contribution is 2.22. The second-order valence-corrected chi connectivity index (χ2v) is 5.32. The normalized spacial score (nSPS) is 11.7. The fourth-order valence-electron chi connectivity index (χ4n) is 1.56. The Morgan fingerprint density at radius 2 is 2.28 bits per heavy atom. The first-order valence-corrected chi connectivity index (χ1v) is 6.80. The van der Waals surface area contributed by atoms with Crippen LogP contribution in [0.4, 0.5) is 0 Å². The van der Waals surface area contributed by atoms with Gasteiger partial charge in [-0.05, 0) is 32.0 Å². The average molecular weight is 330 g/mol. The quantitative estimate of drug-likeness (QED) is 0.845. The van der Waals surface area contributed by atoms with Crippen molar-refractivity contribution in [2.75, 3.05) is 13.1 Å². The van der Waals surface area contributed by atoms with Crippen LogP contribution in [0.25, 0.3) is 0 Å². The molecule has 0 N–H and O–H groups in total. The minimum atomic E-state index is -0.192. The van der Waals surface area contributed by atoms with E-state index in [0.717, 1.165) is 4.47 Å². The van der Waals surface area contributed by atoms with E-state index in [0.29, 0.717) is 23.7 Å². The van der Waals surface area contributed by atoms with Gasteiger partial charge >= 0.3 is 0 Å². The van der Waals surface area contributed by atoms with Crippen LogP contribution in [-0.4, -0.2) is 23.9 Å². The van der Waals surface area contributed by atoms with Gasteiger partial charge in [0.2, 0.25) is 0 Å². The predicted molar refractivity (Wildman–Crippen MR) is 75.5 cm³/mol. The van der Waals surface area contributed by atoms with Crippen LogP contribution in [-0.2, 0) is 0 Å². The van der Waals surface area contributed by atoms with Crippen LogP contribution in [0.5, 0.6) is 0 Å². The molecule has 0 aliphatic heterocycles. The summed E-state index contributed by atoms with van der Waals surface area (Å²) in [6, 6.07) is 7.28. The second-order valence-electron chi connectivity index (χ2n) is 4.00. The highest BCUT2D eigenvalue weighted by molar-refractivity contribution is 9.10. The number of benzene rings is 1. The Morgan fingerprint density at radius 3 is 2.78 bits per heavy atom. The Labute approximate surface area is 120 Å². The van der Waals surface area contributed by atoms with Gasteiger partial charge in [-0.2, -0.15) is 5.26 Å². The van der Waals surface area contributed by atoms with Crippen molar-refractivity contribution in [2.45, 2.75) is 13.8 Å². The van der Waals surface area contributed by atoms with Crippen molar-refractivity contribution in [3.8, 4) is 6.07 Å². The predicted octanol–water partition coefficient (Wildman–Crippen LogP) is 3.72. The molecule has 0 bridgehead atoms. The standard InChI is InChI=1S/C13H14BrClN2O/c1-3-17(8-9(2)7-16)13(18)11-5-4-10(14)6-12(11)15/h4-6,9H,3,8H2,1-2H3. The maximum atomic E-state index is 12.3. The molecule has 5 heteroatoms. The second kappa shape index (κ2) is 6.77. The van der Waals surface area contributed by atoms with E-state index in [-0.39, 0.29) is 11.8 Å². The van der Waals surface area contributed by atoms with Gasteiger partial charge in [-0.1, -0.05) is 27.5 Å². The van der Waals surface area contributed by atoms with Gasteiger partial charge in [0.25, 0.3) is 5.91 Å². The first kappa shape index (κ1) is 15.0. The highest BCUT2D eigenvalue weighted by atomic mass is 79.9. The molecule has 1 rings (SSSR count). The summed E-state index contributed by atoms with van der Waals surface area (Å²) in [6.07, 6.45) is 0. The van der Waals surface area contributed by atoms with Crippen molar-refractivity contribution >= 4 is 33.4 Å². The molecule has 0 aromatic heterocycles. The van der Waals surface area contributed by atoms with E-state index in [1.165, 1.54) is 0 Å². The van der Waals surface area contributed by atoms with Crippen molar-refractivity contribution in [2.24, 2.45) is 5.92 Å². The molecule has 3 nitrogen and oxygen atoms in total. The number of hydrogen-bond donors (Lipinski definition) is 0. The fraction of sp³-hybridized carbons (Fsp3) is 0.385. The number of nitriles is 1. The van der Waals surface area contributed by atoms with Gasteiger partial charge in [-0.15, -0.1) is 0 Å². The van der Waals surface area contributed by atoms with Crippen LogP contribution in [0, 0.1) is 17.2 Å². The minimum absolute atomic E-state index is 0.142.